The van der Waals surface area contributed by atoms with Crippen molar-refractivity contribution in [2.24, 2.45) is 0 Å². The van der Waals surface area contributed by atoms with Gasteiger partial charge in [-0.3, -0.25) is 19.9 Å². The molecule has 2 N–H and O–H groups in total. The molecule has 1 fully saturated rings. The quantitative estimate of drug-likeness (QED) is 0.774. The maximum Gasteiger partial charge on any atom is 0.322 e. The van der Waals surface area contributed by atoms with Crippen molar-refractivity contribution in [1.82, 2.24) is 20.5 Å². The van der Waals surface area contributed by atoms with E-state index < -0.39 is 17.5 Å². The van der Waals surface area contributed by atoms with Crippen molar-refractivity contribution in [2.75, 3.05) is 13.7 Å². The van der Waals surface area contributed by atoms with Gasteiger partial charge in [0.15, 0.2) is 5.54 Å². The Morgan fingerprint density at radius 2 is 2.11 bits per heavy atom. The van der Waals surface area contributed by atoms with E-state index >= 15 is 0 Å². The molecule has 0 aliphatic carbocycles. The van der Waals surface area contributed by atoms with E-state index in [0.29, 0.717) is 16.9 Å². The van der Waals surface area contributed by atoms with Crippen molar-refractivity contribution in [1.29, 1.82) is 0 Å². The highest BCUT2D eigenvalue weighted by atomic mass is 35.5. The monoisotopic (exact) mass is 386 g/mol. The average molecular weight is 387 g/mol. The summed E-state index contributed by atoms with van der Waals surface area (Å²) in [5, 5.41) is 5.13. The van der Waals surface area contributed by atoms with Gasteiger partial charge in [-0.1, -0.05) is 23.7 Å². The zero-order valence-electron chi connectivity index (χ0n) is 14.3. The highest BCUT2D eigenvalue weighted by Crippen LogP contribution is 2.37. The molecule has 1 aromatic carbocycles. The minimum atomic E-state index is -1.42. The fraction of sp³-hybridized carbons (Fsp3) is 0.222. The molecule has 3 heterocycles. The van der Waals surface area contributed by atoms with Crippen LogP contribution in [-0.4, -0.2) is 41.4 Å². The molecule has 1 aromatic heterocycles. The van der Waals surface area contributed by atoms with E-state index in [-0.39, 0.29) is 24.0 Å². The second-order valence-electron chi connectivity index (χ2n) is 6.33. The molecule has 0 bridgehead atoms. The fourth-order valence-electron chi connectivity index (χ4n) is 3.48. The second kappa shape index (κ2) is 6.24. The molecule has 1 atom stereocenters. The van der Waals surface area contributed by atoms with Crippen LogP contribution < -0.4 is 15.4 Å². The molecule has 27 heavy (non-hydrogen) atoms. The van der Waals surface area contributed by atoms with Gasteiger partial charge in [0.25, 0.3) is 11.8 Å². The number of benzene rings is 1. The average Bonchev–Trinajstić information content (AvgIpc) is 3.13. The largest absolute Gasteiger partial charge is 0.495 e. The maximum atomic E-state index is 13.0. The van der Waals surface area contributed by atoms with E-state index in [4.69, 9.17) is 16.3 Å². The van der Waals surface area contributed by atoms with Crippen molar-refractivity contribution in [2.45, 2.75) is 12.1 Å². The molecule has 0 radical (unpaired) electrons. The molecule has 0 spiro atoms. The number of amides is 4. The summed E-state index contributed by atoms with van der Waals surface area (Å²) in [6.45, 7) is 0.214. The molecule has 2 aromatic rings. The molecule has 4 rings (SSSR count). The van der Waals surface area contributed by atoms with Gasteiger partial charge in [0.1, 0.15) is 5.75 Å². The molecule has 2 aliphatic heterocycles. The van der Waals surface area contributed by atoms with E-state index in [9.17, 15) is 14.4 Å². The Labute approximate surface area is 159 Å². The standard InChI is InChI=1S/C18H15ClN4O4/c1-27-12-5-4-10-8-23(15(24)13(10)14(12)19)9-18(11-3-2-6-20-7-11)16(25)21-17(26)22-18/h2-7H,8-9H2,1H3,(H2,21,22,25,26). The number of imide groups is 1. The van der Waals surface area contributed by atoms with Crippen LogP contribution in [0.4, 0.5) is 4.79 Å². The van der Waals surface area contributed by atoms with Gasteiger partial charge in [0.2, 0.25) is 0 Å². The molecule has 8 nitrogen and oxygen atoms in total. The first-order valence-electron chi connectivity index (χ1n) is 8.15. The number of hydrogen-bond acceptors (Lipinski definition) is 5. The number of fused-ring (bicyclic) bond motifs is 1. The molecule has 4 amide bonds. The Balaban J connectivity index is 1.72. The van der Waals surface area contributed by atoms with Crippen LogP contribution in [0.15, 0.2) is 36.7 Å². The van der Waals surface area contributed by atoms with Crippen LogP contribution in [0, 0.1) is 0 Å². The summed E-state index contributed by atoms with van der Waals surface area (Å²) >= 11 is 6.30. The van der Waals surface area contributed by atoms with E-state index in [1.165, 1.54) is 18.2 Å². The minimum absolute atomic E-state index is 0.0532. The maximum absolute atomic E-state index is 13.0. The highest BCUT2D eigenvalue weighted by Gasteiger charge is 2.50. The number of nitrogens with one attached hydrogen (secondary N) is 2. The van der Waals surface area contributed by atoms with Gasteiger partial charge in [-0.05, 0) is 17.7 Å². The third-order valence-electron chi connectivity index (χ3n) is 4.80. The first-order chi connectivity index (χ1) is 13.0. The summed E-state index contributed by atoms with van der Waals surface area (Å²) in [5.41, 5.74) is 0.152. The normalized spacial score (nSPS) is 21.1. The van der Waals surface area contributed by atoms with Gasteiger partial charge in [-0.15, -0.1) is 0 Å². The summed E-state index contributed by atoms with van der Waals surface area (Å²) in [5.74, 6) is -0.460. The molecule has 1 unspecified atom stereocenters. The van der Waals surface area contributed by atoms with Crippen molar-refractivity contribution in [3.05, 3.63) is 58.4 Å². The van der Waals surface area contributed by atoms with Gasteiger partial charge >= 0.3 is 6.03 Å². The van der Waals surface area contributed by atoms with Crippen LogP contribution in [0.25, 0.3) is 0 Å². The smallest absolute Gasteiger partial charge is 0.322 e. The van der Waals surface area contributed by atoms with E-state index in [0.717, 1.165) is 5.56 Å². The van der Waals surface area contributed by atoms with Gasteiger partial charge in [-0.2, -0.15) is 0 Å². The first kappa shape index (κ1) is 17.3. The van der Waals surface area contributed by atoms with Crippen LogP contribution >= 0.6 is 11.6 Å². The van der Waals surface area contributed by atoms with Crippen molar-refractivity contribution in [3.63, 3.8) is 0 Å². The molecule has 1 saturated heterocycles. The van der Waals surface area contributed by atoms with Crippen LogP contribution in [0.5, 0.6) is 5.75 Å². The molecule has 9 heteroatoms. The number of methoxy groups -OCH3 is 1. The van der Waals surface area contributed by atoms with Crippen LogP contribution in [0.3, 0.4) is 0 Å². The lowest BCUT2D eigenvalue weighted by Crippen LogP contribution is -2.52. The number of urea groups is 1. The van der Waals surface area contributed by atoms with Gasteiger partial charge in [0.05, 0.1) is 24.2 Å². The molecular formula is C18H15ClN4O4. The molecular weight excluding hydrogens is 372 g/mol. The van der Waals surface area contributed by atoms with E-state index in [2.05, 4.69) is 15.6 Å². The summed E-state index contributed by atoms with van der Waals surface area (Å²) < 4.78 is 5.18. The predicted molar refractivity (Wildman–Crippen MR) is 95.3 cm³/mol. The molecule has 2 aliphatic rings. The van der Waals surface area contributed by atoms with E-state index in [1.54, 1.807) is 30.5 Å². The van der Waals surface area contributed by atoms with Gasteiger partial charge in [0, 0.05) is 24.5 Å². The van der Waals surface area contributed by atoms with E-state index in [1.807, 2.05) is 0 Å². The SMILES string of the molecule is COc1ccc2c(c1Cl)C(=O)N(CC1(c3cccnc3)NC(=O)NC1=O)C2. The Bertz CT molecular complexity index is 965. The lowest BCUT2D eigenvalue weighted by Gasteiger charge is -2.30. The van der Waals surface area contributed by atoms with Crippen LogP contribution in [-0.2, 0) is 16.9 Å². The van der Waals surface area contributed by atoms with Crippen LogP contribution in [0.2, 0.25) is 5.02 Å². The predicted octanol–water partition coefficient (Wildman–Crippen LogP) is 1.43. The molecule has 0 saturated carbocycles. The Kier molecular flexibility index (Phi) is 4.00. The summed E-state index contributed by atoms with van der Waals surface area (Å²) in [6, 6.07) is 6.19. The number of hydrogen-bond donors (Lipinski definition) is 2. The lowest BCUT2D eigenvalue weighted by atomic mass is 9.90. The Morgan fingerprint density at radius 1 is 1.30 bits per heavy atom. The minimum Gasteiger partial charge on any atom is -0.495 e. The van der Waals surface area contributed by atoms with Gasteiger partial charge < -0.3 is 15.0 Å². The topological polar surface area (TPSA) is 101 Å². The molecule has 138 valence electrons. The highest BCUT2D eigenvalue weighted by molar-refractivity contribution is 6.35. The third kappa shape index (κ3) is 2.60. The number of pyridine rings is 1. The van der Waals surface area contributed by atoms with Crippen LogP contribution in [0.1, 0.15) is 21.5 Å². The number of nitrogens with zero attached hydrogens (tertiary/aromatic N) is 2. The Hall–Kier alpha value is -3.13. The third-order valence-corrected chi connectivity index (χ3v) is 5.17. The number of rotatable bonds is 4. The number of carbonyl (C=O) groups excluding carboxylic acids is 3. The number of aromatic nitrogens is 1. The lowest BCUT2D eigenvalue weighted by molar-refractivity contribution is -0.124. The van der Waals surface area contributed by atoms with Crippen molar-refractivity contribution < 1.29 is 19.1 Å². The summed E-state index contributed by atoms with van der Waals surface area (Å²) in [7, 11) is 1.47. The zero-order valence-corrected chi connectivity index (χ0v) is 15.0. The second-order valence-corrected chi connectivity index (χ2v) is 6.71. The number of halogens is 1. The summed E-state index contributed by atoms with van der Waals surface area (Å²) in [6.07, 6.45) is 3.06. The Morgan fingerprint density at radius 3 is 2.74 bits per heavy atom. The number of carbonyl (C=O) groups is 3. The van der Waals surface area contributed by atoms with Crippen molar-refractivity contribution >= 4 is 29.4 Å². The number of ether oxygens (including phenoxy) is 1. The zero-order chi connectivity index (χ0) is 19.2. The first-order valence-corrected chi connectivity index (χ1v) is 8.53. The fourth-order valence-corrected chi connectivity index (χ4v) is 3.82. The van der Waals surface area contributed by atoms with Crippen molar-refractivity contribution in [3.8, 4) is 5.75 Å². The summed E-state index contributed by atoms with van der Waals surface area (Å²) in [4.78, 5) is 43.0. The van der Waals surface area contributed by atoms with Gasteiger partial charge in [-0.25, -0.2) is 4.79 Å².